The lowest BCUT2D eigenvalue weighted by atomic mass is 10.00. The van der Waals surface area contributed by atoms with Crippen LogP contribution >= 0.6 is 0 Å². The largest absolute Gasteiger partial charge is 0.353 e. The van der Waals surface area contributed by atoms with Gasteiger partial charge in [-0.25, -0.2) is 14.4 Å². The third kappa shape index (κ3) is 3.67. The van der Waals surface area contributed by atoms with Gasteiger partial charge >= 0.3 is 5.69 Å². The van der Waals surface area contributed by atoms with Crippen LogP contribution in [0.2, 0.25) is 0 Å². The first-order chi connectivity index (χ1) is 12.1. The van der Waals surface area contributed by atoms with Crippen LogP contribution in [0.5, 0.6) is 0 Å². The van der Waals surface area contributed by atoms with Gasteiger partial charge in [-0.05, 0) is 49.9 Å². The maximum Gasteiger partial charge on any atom is 0.353 e. The molecule has 0 aliphatic carbocycles. The van der Waals surface area contributed by atoms with Crippen molar-refractivity contribution in [3.05, 3.63) is 46.5 Å². The summed E-state index contributed by atoms with van der Waals surface area (Å²) >= 11 is 0. The minimum Gasteiger partial charge on any atom is -0.348 e. The summed E-state index contributed by atoms with van der Waals surface area (Å²) in [5, 5.41) is 14.6. The van der Waals surface area contributed by atoms with Crippen molar-refractivity contribution in [1.82, 2.24) is 9.97 Å². The fraction of sp³-hybridized carbons (Fsp3) is 0.412. The van der Waals surface area contributed by atoms with Crippen molar-refractivity contribution in [2.24, 2.45) is 0 Å². The van der Waals surface area contributed by atoms with E-state index in [1.54, 1.807) is 0 Å². The molecule has 1 aromatic heterocycles. The van der Waals surface area contributed by atoms with Gasteiger partial charge in [0.05, 0.1) is 4.92 Å². The van der Waals surface area contributed by atoms with Gasteiger partial charge in [0.2, 0.25) is 11.6 Å². The van der Waals surface area contributed by atoms with Crippen molar-refractivity contribution in [2.45, 2.75) is 38.6 Å². The van der Waals surface area contributed by atoms with Gasteiger partial charge in [0, 0.05) is 18.3 Å². The average Bonchev–Trinajstić information content (AvgIpc) is 2.63. The third-order valence-corrected chi connectivity index (χ3v) is 4.46. The normalized spacial score (nSPS) is 17.4. The lowest BCUT2D eigenvalue weighted by molar-refractivity contribution is -0.383. The Bertz CT molecular complexity index is 753. The third-order valence-electron chi connectivity index (χ3n) is 4.46. The molecule has 0 radical (unpaired) electrons. The van der Waals surface area contributed by atoms with Gasteiger partial charge in [-0.2, -0.15) is 0 Å². The molecule has 1 aromatic carbocycles. The van der Waals surface area contributed by atoms with Crippen LogP contribution in [0.1, 0.15) is 32.6 Å². The summed E-state index contributed by atoms with van der Waals surface area (Å²) in [5.41, 5.74) is 0.381. The van der Waals surface area contributed by atoms with E-state index in [2.05, 4.69) is 22.2 Å². The molecule has 25 heavy (non-hydrogen) atoms. The first kappa shape index (κ1) is 17.1. The number of nitrogens with zero attached hydrogens (tertiary/aromatic N) is 4. The van der Waals surface area contributed by atoms with Gasteiger partial charge < -0.3 is 10.2 Å². The lowest BCUT2D eigenvalue weighted by Gasteiger charge is -2.35. The van der Waals surface area contributed by atoms with Crippen molar-refractivity contribution in [1.29, 1.82) is 0 Å². The Kier molecular flexibility index (Phi) is 5.06. The van der Waals surface area contributed by atoms with Crippen molar-refractivity contribution in [3.8, 4) is 0 Å². The second-order valence-corrected chi connectivity index (χ2v) is 6.03. The molecule has 1 atom stereocenters. The molecular formula is C17H20FN5O2. The molecule has 1 unspecified atom stereocenters. The number of halogens is 1. The molecule has 0 saturated carbocycles. The number of aromatic nitrogens is 2. The van der Waals surface area contributed by atoms with E-state index >= 15 is 0 Å². The predicted molar refractivity (Wildman–Crippen MR) is 93.6 cm³/mol. The summed E-state index contributed by atoms with van der Waals surface area (Å²) in [4.78, 5) is 21.5. The molecule has 7 nitrogen and oxygen atoms in total. The highest BCUT2D eigenvalue weighted by molar-refractivity contribution is 5.74. The first-order valence-corrected chi connectivity index (χ1v) is 8.38. The van der Waals surface area contributed by atoms with Crippen LogP contribution < -0.4 is 10.2 Å². The van der Waals surface area contributed by atoms with Crippen LogP contribution in [-0.2, 0) is 0 Å². The fourth-order valence-corrected chi connectivity index (χ4v) is 3.21. The van der Waals surface area contributed by atoms with Crippen LogP contribution in [-0.4, -0.2) is 27.5 Å². The Morgan fingerprint density at radius 2 is 2.08 bits per heavy atom. The Morgan fingerprint density at radius 1 is 1.32 bits per heavy atom. The summed E-state index contributed by atoms with van der Waals surface area (Å²) in [6.07, 6.45) is 5.34. The zero-order valence-corrected chi connectivity index (χ0v) is 14.0. The highest BCUT2D eigenvalue weighted by Crippen LogP contribution is 2.36. The number of rotatable bonds is 5. The Morgan fingerprint density at radius 3 is 2.76 bits per heavy atom. The standard InChI is InChI=1S/C17H20FN5O2/c1-2-14-5-3-4-10-22(14)17-15(23(24)25)16(19-11-20-17)21-13-8-6-12(18)7-9-13/h6-9,11,14H,2-5,10H2,1H3,(H,19,20,21). The molecule has 2 heterocycles. The zero-order chi connectivity index (χ0) is 17.8. The predicted octanol–water partition coefficient (Wildman–Crippen LogP) is 4.04. The molecule has 132 valence electrons. The molecule has 2 aromatic rings. The van der Waals surface area contributed by atoms with E-state index in [9.17, 15) is 14.5 Å². The van der Waals surface area contributed by atoms with Crippen LogP contribution in [0, 0.1) is 15.9 Å². The summed E-state index contributed by atoms with van der Waals surface area (Å²) in [7, 11) is 0. The minimum atomic E-state index is -0.456. The highest BCUT2D eigenvalue weighted by atomic mass is 19.1. The number of piperidine rings is 1. The summed E-state index contributed by atoms with van der Waals surface area (Å²) in [6, 6.07) is 5.83. The molecule has 1 aliphatic heterocycles. The molecule has 3 rings (SSSR count). The van der Waals surface area contributed by atoms with Gasteiger partial charge in [0.25, 0.3) is 0 Å². The van der Waals surface area contributed by atoms with E-state index in [1.807, 2.05) is 4.90 Å². The van der Waals surface area contributed by atoms with E-state index in [-0.39, 0.29) is 23.4 Å². The zero-order valence-electron chi connectivity index (χ0n) is 14.0. The first-order valence-electron chi connectivity index (χ1n) is 8.38. The van der Waals surface area contributed by atoms with Gasteiger partial charge in [-0.15, -0.1) is 0 Å². The monoisotopic (exact) mass is 345 g/mol. The SMILES string of the molecule is CCC1CCCCN1c1ncnc(Nc2ccc(F)cc2)c1[N+](=O)[O-]. The van der Waals surface area contributed by atoms with Gasteiger partial charge in [-0.3, -0.25) is 10.1 Å². The molecule has 0 amide bonds. The number of anilines is 3. The number of nitrogens with one attached hydrogen (secondary N) is 1. The smallest absolute Gasteiger partial charge is 0.348 e. The molecule has 1 saturated heterocycles. The second kappa shape index (κ2) is 7.42. The van der Waals surface area contributed by atoms with E-state index in [0.717, 1.165) is 32.2 Å². The van der Waals surface area contributed by atoms with E-state index in [1.165, 1.54) is 30.6 Å². The Balaban J connectivity index is 1.99. The van der Waals surface area contributed by atoms with Crippen molar-refractivity contribution in [3.63, 3.8) is 0 Å². The molecule has 1 aliphatic rings. The Labute approximate surface area is 145 Å². The van der Waals surface area contributed by atoms with Gasteiger partial charge in [-0.1, -0.05) is 6.92 Å². The van der Waals surface area contributed by atoms with Gasteiger partial charge in [0.1, 0.15) is 12.1 Å². The van der Waals surface area contributed by atoms with Gasteiger partial charge in [0.15, 0.2) is 0 Å². The van der Waals surface area contributed by atoms with Crippen LogP contribution in [0.25, 0.3) is 0 Å². The maximum absolute atomic E-state index is 13.1. The number of benzene rings is 1. The summed E-state index contributed by atoms with van der Waals surface area (Å²) in [6.45, 7) is 2.82. The van der Waals surface area contributed by atoms with Crippen LogP contribution in [0.15, 0.2) is 30.6 Å². The van der Waals surface area contributed by atoms with Crippen molar-refractivity contribution >= 4 is 23.0 Å². The maximum atomic E-state index is 13.1. The number of hydrogen-bond acceptors (Lipinski definition) is 6. The number of nitro groups is 1. The molecule has 0 spiro atoms. The van der Waals surface area contributed by atoms with E-state index in [0.29, 0.717) is 11.5 Å². The summed E-state index contributed by atoms with van der Waals surface area (Å²) in [5.74, 6) is 0.0840. The highest BCUT2D eigenvalue weighted by Gasteiger charge is 2.31. The van der Waals surface area contributed by atoms with Crippen LogP contribution in [0.4, 0.5) is 27.4 Å². The molecular weight excluding hydrogens is 325 g/mol. The Hall–Kier alpha value is -2.77. The lowest BCUT2D eigenvalue weighted by Crippen LogP contribution is -2.40. The molecule has 1 N–H and O–H groups in total. The van der Waals surface area contributed by atoms with Crippen molar-refractivity contribution < 1.29 is 9.31 Å². The van der Waals surface area contributed by atoms with E-state index in [4.69, 9.17) is 0 Å². The van der Waals surface area contributed by atoms with Crippen LogP contribution in [0.3, 0.4) is 0 Å². The fourth-order valence-electron chi connectivity index (χ4n) is 3.21. The summed E-state index contributed by atoms with van der Waals surface area (Å²) < 4.78 is 13.1. The molecule has 0 bridgehead atoms. The quantitative estimate of drug-likeness (QED) is 0.650. The second-order valence-electron chi connectivity index (χ2n) is 6.03. The minimum absolute atomic E-state index is 0.113. The topological polar surface area (TPSA) is 84.2 Å². The number of hydrogen-bond donors (Lipinski definition) is 1. The van der Waals surface area contributed by atoms with Crippen molar-refractivity contribution in [2.75, 3.05) is 16.8 Å². The molecule has 1 fully saturated rings. The average molecular weight is 345 g/mol. The molecule has 8 heteroatoms. The van der Waals surface area contributed by atoms with E-state index < -0.39 is 4.92 Å².